The summed E-state index contributed by atoms with van der Waals surface area (Å²) >= 11 is 0. The van der Waals surface area contributed by atoms with Gasteiger partial charge in [-0.1, -0.05) is 0 Å². The van der Waals surface area contributed by atoms with Crippen LogP contribution in [-0.4, -0.2) is 95.9 Å². The van der Waals surface area contributed by atoms with E-state index in [9.17, 15) is 39.3 Å². The molecule has 142 valence electrons. The first kappa shape index (κ1) is 22.4. The molecule has 0 spiro atoms. The lowest BCUT2D eigenvalue weighted by Crippen LogP contribution is -2.50. The van der Waals surface area contributed by atoms with Crippen LogP contribution in [0.3, 0.4) is 0 Å². The largest absolute Gasteiger partial charge is 0.481 e. The van der Waals surface area contributed by atoms with Crippen molar-refractivity contribution < 1.29 is 64.5 Å². The number of aldehydes is 1. The van der Waals surface area contributed by atoms with Crippen molar-refractivity contribution in [3.63, 3.8) is 0 Å². The zero-order valence-corrected chi connectivity index (χ0v) is 12.4. The predicted molar refractivity (Wildman–Crippen MR) is 71.1 cm³/mol. The summed E-state index contributed by atoms with van der Waals surface area (Å²) in [7, 11) is 0. The van der Waals surface area contributed by atoms with Gasteiger partial charge in [0.25, 0.3) is 0 Å². The Morgan fingerprint density at radius 2 is 1.48 bits per heavy atom. The molecule has 7 N–H and O–H groups in total. The zero-order chi connectivity index (χ0) is 19.9. The summed E-state index contributed by atoms with van der Waals surface area (Å²) in [6.45, 7) is 0. The summed E-state index contributed by atoms with van der Waals surface area (Å²) in [4.78, 5) is 54.3. The fourth-order valence-corrected chi connectivity index (χ4v) is 1.60. The lowest BCUT2D eigenvalue weighted by molar-refractivity contribution is -0.181. The molecule has 0 saturated heterocycles. The Bertz CT molecular complexity index is 543. The number of rotatable bonds is 11. The molecule has 0 aliphatic carbocycles. The van der Waals surface area contributed by atoms with Gasteiger partial charge >= 0.3 is 23.9 Å². The molecular formula is C12H16O13. The summed E-state index contributed by atoms with van der Waals surface area (Å²) in [6, 6.07) is 0. The third-order valence-electron chi connectivity index (χ3n) is 2.94. The van der Waals surface area contributed by atoms with Gasteiger partial charge in [-0.15, -0.1) is 0 Å². The van der Waals surface area contributed by atoms with E-state index in [1.165, 1.54) is 0 Å². The van der Waals surface area contributed by atoms with Crippen LogP contribution >= 0.6 is 0 Å². The average molecular weight is 368 g/mol. The lowest BCUT2D eigenvalue weighted by atomic mass is 9.95. The molecule has 0 saturated carbocycles. The summed E-state index contributed by atoms with van der Waals surface area (Å²) in [5.74, 6) is -7.43. The number of aliphatic hydroxyl groups excluding tert-OH is 3. The molecule has 0 aromatic carbocycles. The number of ether oxygens (including phenoxy) is 1. The molecule has 0 bridgehead atoms. The van der Waals surface area contributed by atoms with E-state index in [4.69, 9.17) is 20.4 Å². The number of carbonyl (C=O) groups is 5. The fourth-order valence-electron chi connectivity index (χ4n) is 1.60. The average Bonchev–Trinajstić information content (AvgIpc) is 2.49. The summed E-state index contributed by atoms with van der Waals surface area (Å²) in [5, 5.41) is 63.3. The van der Waals surface area contributed by atoms with Crippen LogP contribution in [0.5, 0.6) is 0 Å². The Balaban J connectivity index is 5.10. The van der Waals surface area contributed by atoms with Gasteiger partial charge in [-0.3, -0.25) is 14.4 Å². The molecule has 13 nitrogen and oxygen atoms in total. The van der Waals surface area contributed by atoms with Crippen molar-refractivity contribution in [2.45, 2.75) is 42.9 Å². The van der Waals surface area contributed by atoms with E-state index in [1.807, 2.05) is 0 Å². The topological polar surface area (TPSA) is 236 Å². The molecule has 0 amide bonds. The molecule has 13 heteroatoms. The molecule has 0 radical (unpaired) electrons. The van der Waals surface area contributed by atoms with Crippen LogP contribution in [0.15, 0.2) is 0 Å². The number of carbonyl (C=O) groups excluding carboxylic acids is 2. The maximum absolute atomic E-state index is 11.6. The smallest absolute Gasteiger partial charge is 0.336 e. The van der Waals surface area contributed by atoms with Crippen LogP contribution in [0.2, 0.25) is 0 Å². The molecule has 0 aromatic heterocycles. The van der Waals surface area contributed by atoms with Crippen LogP contribution in [0.4, 0.5) is 0 Å². The Labute approximate surface area is 138 Å². The molecule has 0 aliphatic heterocycles. The fraction of sp³-hybridized carbons (Fsp3) is 0.583. The molecule has 25 heavy (non-hydrogen) atoms. The third-order valence-corrected chi connectivity index (χ3v) is 2.94. The van der Waals surface area contributed by atoms with Gasteiger partial charge in [-0.05, 0) is 0 Å². The van der Waals surface area contributed by atoms with Crippen molar-refractivity contribution in [2.75, 3.05) is 0 Å². The van der Waals surface area contributed by atoms with Gasteiger partial charge in [-0.2, -0.15) is 0 Å². The van der Waals surface area contributed by atoms with Gasteiger partial charge in [0.15, 0.2) is 24.1 Å². The Hall–Kier alpha value is -2.61. The minimum absolute atomic E-state index is 0.253. The lowest BCUT2D eigenvalue weighted by Gasteiger charge is -2.26. The first-order valence-corrected chi connectivity index (χ1v) is 6.45. The number of aliphatic carboxylic acids is 3. The highest BCUT2D eigenvalue weighted by molar-refractivity contribution is 5.88. The molecule has 0 rings (SSSR count). The van der Waals surface area contributed by atoms with Crippen molar-refractivity contribution >= 4 is 30.2 Å². The summed E-state index contributed by atoms with van der Waals surface area (Å²) in [5.41, 5.74) is -3.07. The van der Waals surface area contributed by atoms with Crippen molar-refractivity contribution in [1.29, 1.82) is 0 Å². The standard InChI is InChI=1S/C12H16O13/c13-3-4(7(17)8(18)9(19)10(20)21)25-6(16)2-12(24,11(22)23)1-5(14)15/h3-4,7-9,17-19,24H,1-2H2,(H,14,15)(H,20,21)(H,22,23)/t4-,7+,8-,9-,12?/m0/s1. The number of hydrogen-bond donors (Lipinski definition) is 7. The van der Waals surface area contributed by atoms with Crippen LogP contribution in [-0.2, 0) is 28.7 Å². The van der Waals surface area contributed by atoms with Crippen LogP contribution in [0, 0.1) is 0 Å². The quantitative estimate of drug-likeness (QED) is 0.136. The highest BCUT2D eigenvalue weighted by atomic mass is 16.6. The van der Waals surface area contributed by atoms with E-state index < -0.39 is 66.7 Å². The summed E-state index contributed by atoms with van der Waals surface area (Å²) in [6.07, 6.45) is -12.7. The minimum atomic E-state index is -3.07. The predicted octanol–water partition coefficient (Wildman–Crippen LogP) is -4.06. The van der Waals surface area contributed by atoms with Crippen LogP contribution in [0.1, 0.15) is 12.8 Å². The van der Waals surface area contributed by atoms with E-state index in [0.29, 0.717) is 0 Å². The normalized spacial score (nSPS) is 18.1. The first-order chi connectivity index (χ1) is 11.4. The Morgan fingerprint density at radius 3 is 1.84 bits per heavy atom. The number of aliphatic hydroxyl groups is 4. The second kappa shape index (κ2) is 9.03. The van der Waals surface area contributed by atoms with Gasteiger partial charge in [0.2, 0.25) is 0 Å². The van der Waals surface area contributed by atoms with E-state index in [1.54, 1.807) is 0 Å². The van der Waals surface area contributed by atoms with Crippen molar-refractivity contribution in [2.24, 2.45) is 0 Å². The van der Waals surface area contributed by atoms with Crippen LogP contribution < -0.4 is 0 Å². The molecule has 0 fully saturated rings. The molecule has 0 aliphatic rings. The number of hydrogen-bond acceptors (Lipinski definition) is 10. The molecule has 0 aromatic rings. The minimum Gasteiger partial charge on any atom is -0.481 e. The second-order valence-electron chi connectivity index (χ2n) is 4.94. The molecule has 0 heterocycles. The number of esters is 1. The summed E-state index contributed by atoms with van der Waals surface area (Å²) < 4.78 is 4.30. The van der Waals surface area contributed by atoms with E-state index in [0.717, 1.165) is 0 Å². The van der Waals surface area contributed by atoms with E-state index in [2.05, 4.69) is 4.74 Å². The van der Waals surface area contributed by atoms with Gasteiger partial charge in [0.05, 0.1) is 12.8 Å². The van der Waals surface area contributed by atoms with E-state index >= 15 is 0 Å². The maximum atomic E-state index is 11.6. The van der Waals surface area contributed by atoms with Crippen LogP contribution in [0.25, 0.3) is 0 Å². The molecule has 5 atom stereocenters. The van der Waals surface area contributed by atoms with Gasteiger partial charge in [0, 0.05) is 0 Å². The van der Waals surface area contributed by atoms with Crippen molar-refractivity contribution in [1.82, 2.24) is 0 Å². The maximum Gasteiger partial charge on any atom is 0.336 e. The van der Waals surface area contributed by atoms with Gasteiger partial charge < -0.3 is 40.5 Å². The van der Waals surface area contributed by atoms with Crippen molar-refractivity contribution in [3.05, 3.63) is 0 Å². The Kier molecular flexibility index (Phi) is 8.08. The van der Waals surface area contributed by atoms with Crippen molar-refractivity contribution in [3.8, 4) is 0 Å². The SMILES string of the molecule is O=C[C@H](OC(=O)CC(O)(CC(=O)O)C(=O)O)[C@@H](O)[C@H](O)[C@H](O)C(=O)O. The molecular weight excluding hydrogens is 352 g/mol. The first-order valence-electron chi connectivity index (χ1n) is 6.45. The second-order valence-corrected chi connectivity index (χ2v) is 4.94. The number of carboxylic acid groups (broad SMARTS) is 3. The van der Waals surface area contributed by atoms with E-state index in [-0.39, 0.29) is 6.29 Å². The number of carboxylic acids is 3. The molecule has 1 unspecified atom stereocenters. The third kappa shape index (κ3) is 6.42. The Morgan fingerprint density at radius 1 is 0.960 bits per heavy atom. The highest BCUT2D eigenvalue weighted by Crippen LogP contribution is 2.18. The highest BCUT2D eigenvalue weighted by Gasteiger charge is 2.43. The zero-order valence-electron chi connectivity index (χ0n) is 12.4. The van der Waals surface area contributed by atoms with Gasteiger partial charge in [0.1, 0.15) is 12.2 Å². The monoisotopic (exact) mass is 368 g/mol. The van der Waals surface area contributed by atoms with Gasteiger partial charge in [-0.25, -0.2) is 9.59 Å².